The Hall–Kier alpha value is -2.41. The minimum atomic E-state index is -0.743. The van der Waals surface area contributed by atoms with E-state index in [1.807, 2.05) is 58.0 Å². The van der Waals surface area contributed by atoms with Crippen LogP contribution in [0.15, 0.2) is 39.3 Å². The van der Waals surface area contributed by atoms with Crippen molar-refractivity contribution >= 4 is 21.8 Å². The number of carbonyl (C=O) groups is 1. The van der Waals surface area contributed by atoms with Crippen molar-refractivity contribution in [3.63, 3.8) is 0 Å². The van der Waals surface area contributed by atoms with Gasteiger partial charge in [0.15, 0.2) is 5.82 Å². The van der Waals surface area contributed by atoms with Gasteiger partial charge in [-0.1, -0.05) is 27.2 Å². The first-order valence-electron chi connectivity index (χ1n) is 8.27. The second-order valence-electron chi connectivity index (χ2n) is 6.82. The Morgan fingerprint density at radius 2 is 1.96 bits per heavy atom. The van der Waals surface area contributed by atoms with Gasteiger partial charge in [0.05, 0.1) is 11.1 Å². The number of carbonyl (C=O) groups excluding carboxylic acids is 1. The van der Waals surface area contributed by atoms with Gasteiger partial charge in [-0.05, 0) is 52.0 Å². The van der Waals surface area contributed by atoms with Crippen molar-refractivity contribution in [2.75, 3.05) is 0 Å². The van der Waals surface area contributed by atoms with E-state index in [1.54, 1.807) is 6.92 Å². The van der Waals surface area contributed by atoms with E-state index in [1.165, 1.54) is 0 Å². The molecule has 0 radical (unpaired) electrons. The zero-order valence-corrected chi connectivity index (χ0v) is 17.0. The summed E-state index contributed by atoms with van der Waals surface area (Å²) in [4.78, 5) is 17.1. The second-order valence-corrected chi connectivity index (χ2v) is 7.73. The number of aryl methyl sites for hydroxylation is 2. The Labute approximate surface area is 160 Å². The summed E-state index contributed by atoms with van der Waals surface area (Å²) in [7, 11) is 0. The van der Waals surface area contributed by atoms with Crippen LogP contribution in [0.1, 0.15) is 47.3 Å². The fraction of sp³-hybridized carbons (Fsp3) is 0.316. The zero-order valence-electron chi connectivity index (χ0n) is 15.4. The Kier molecular flexibility index (Phi) is 4.75. The van der Waals surface area contributed by atoms with E-state index in [0.717, 1.165) is 21.5 Å². The summed E-state index contributed by atoms with van der Waals surface area (Å²) < 4.78 is 8.08. The fourth-order valence-corrected chi connectivity index (χ4v) is 3.35. The van der Waals surface area contributed by atoms with Gasteiger partial charge in [0.1, 0.15) is 0 Å². The smallest absolute Gasteiger partial charge is 0.253 e. The number of hydrogen-bond acceptors (Lipinski definition) is 4. The van der Waals surface area contributed by atoms with Crippen LogP contribution < -0.4 is 5.32 Å². The summed E-state index contributed by atoms with van der Waals surface area (Å²) in [5.41, 5.74) is 2.74. The van der Waals surface area contributed by atoms with E-state index in [0.29, 0.717) is 17.3 Å². The Bertz CT molecular complexity index is 972. The number of benzene rings is 1. The van der Waals surface area contributed by atoms with Crippen molar-refractivity contribution in [3.05, 3.63) is 63.5 Å². The minimum absolute atomic E-state index is 0.174. The molecule has 0 spiro atoms. The minimum Gasteiger partial charge on any atom is -0.340 e. The third kappa shape index (κ3) is 3.44. The number of aromatic nitrogens is 3. The summed E-state index contributed by atoms with van der Waals surface area (Å²) in [5.74, 6) is 0.742. The van der Waals surface area contributed by atoms with Gasteiger partial charge in [-0.25, -0.2) is 0 Å². The number of rotatable bonds is 4. The third-order valence-electron chi connectivity index (χ3n) is 4.25. The van der Waals surface area contributed by atoms with E-state index in [9.17, 15) is 4.79 Å². The standard InChI is InChI=1S/C19H21BrN4O2/c1-11-9-16(12(2)24(11)15-8-6-7-14(20)10-15)17(25)22-19(4,5)18-21-13(3)26-23-18/h6-10H,1-5H3,(H,22,25). The average Bonchev–Trinajstić information content (AvgIpc) is 3.11. The number of hydrogen-bond donors (Lipinski definition) is 1. The van der Waals surface area contributed by atoms with Crippen LogP contribution in [0.2, 0.25) is 0 Å². The highest BCUT2D eigenvalue weighted by Crippen LogP contribution is 2.24. The molecule has 3 aromatic rings. The number of nitrogens with one attached hydrogen (secondary N) is 1. The Balaban J connectivity index is 1.93. The maximum atomic E-state index is 12.9. The first kappa shape index (κ1) is 18.4. The number of halogens is 1. The molecule has 0 fully saturated rings. The van der Waals surface area contributed by atoms with Gasteiger partial charge in [-0.15, -0.1) is 0 Å². The summed E-state index contributed by atoms with van der Waals surface area (Å²) >= 11 is 3.50. The van der Waals surface area contributed by atoms with Gasteiger partial charge in [-0.2, -0.15) is 4.98 Å². The van der Waals surface area contributed by atoms with Gasteiger partial charge in [0, 0.05) is 28.5 Å². The molecule has 0 aliphatic carbocycles. The van der Waals surface area contributed by atoms with Crippen molar-refractivity contribution < 1.29 is 9.32 Å². The molecule has 0 unspecified atom stereocenters. The zero-order chi connectivity index (χ0) is 19.1. The molecule has 26 heavy (non-hydrogen) atoms. The summed E-state index contributed by atoms with van der Waals surface area (Å²) in [6.45, 7) is 9.35. The van der Waals surface area contributed by atoms with E-state index in [-0.39, 0.29) is 5.91 Å². The lowest BCUT2D eigenvalue weighted by atomic mass is 10.0. The predicted octanol–water partition coefficient (Wildman–Crippen LogP) is 4.21. The largest absolute Gasteiger partial charge is 0.340 e. The molecule has 0 atom stereocenters. The maximum Gasteiger partial charge on any atom is 0.253 e. The molecule has 6 nitrogen and oxygen atoms in total. The van der Waals surface area contributed by atoms with Gasteiger partial charge >= 0.3 is 0 Å². The quantitative estimate of drug-likeness (QED) is 0.690. The van der Waals surface area contributed by atoms with Gasteiger partial charge in [-0.3, -0.25) is 4.79 Å². The number of amides is 1. The summed E-state index contributed by atoms with van der Waals surface area (Å²) in [6.07, 6.45) is 0. The van der Waals surface area contributed by atoms with E-state index in [2.05, 4.69) is 36.0 Å². The van der Waals surface area contributed by atoms with Crippen LogP contribution in [0.25, 0.3) is 5.69 Å². The molecule has 136 valence electrons. The molecule has 2 heterocycles. The first-order valence-corrected chi connectivity index (χ1v) is 9.06. The van der Waals surface area contributed by atoms with E-state index >= 15 is 0 Å². The second kappa shape index (κ2) is 6.72. The lowest BCUT2D eigenvalue weighted by molar-refractivity contribution is 0.0907. The molecule has 0 bridgehead atoms. The lowest BCUT2D eigenvalue weighted by Gasteiger charge is -2.22. The molecule has 7 heteroatoms. The molecule has 1 N–H and O–H groups in total. The summed E-state index contributed by atoms with van der Waals surface area (Å²) in [6, 6.07) is 9.87. The molecule has 0 saturated heterocycles. The molecule has 1 amide bonds. The van der Waals surface area contributed by atoms with Gasteiger partial charge in [0.25, 0.3) is 5.91 Å². The van der Waals surface area contributed by atoms with Gasteiger partial charge < -0.3 is 14.4 Å². The Morgan fingerprint density at radius 3 is 2.58 bits per heavy atom. The molecule has 3 rings (SSSR count). The maximum absolute atomic E-state index is 12.9. The SMILES string of the molecule is Cc1nc(C(C)(C)NC(=O)c2cc(C)n(-c3cccc(Br)c3)c2C)no1. The molecule has 2 aromatic heterocycles. The van der Waals surface area contributed by atoms with Crippen LogP contribution in [0, 0.1) is 20.8 Å². The molecule has 1 aromatic carbocycles. The first-order chi connectivity index (χ1) is 12.2. The average molecular weight is 417 g/mol. The fourth-order valence-electron chi connectivity index (χ4n) is 2.97. The van der Waals surface area contributed by atoms with Crippen molar-refractivity contribution in [2.45, 2.75) is 40.2 Å². The van der Waals surface area contributed by atoms with E-state index < -0.39 is 5.54 Å². The third-order valence-corrected chi connectivity index (χ3v) is 4.75. The van der Waals surface area contributed by atoms with Crippen LogP contribution in [-0.4, -0.2) is 20.6 Å². The van der Waals surface area contributed by atoms with Crippen LogP contribution in [-0.2, 0) is 5.54 Å². The van der Waals surface area contributed by atoms with Crippen molar-refractivity contribution in [1.82, 2.24) is 20.0 Å². The van der Waals surface area contributed by atoms with Crippen LogP contribution in [0.3, 0.4) is 0 Å². The van der Waals surface area contributed by atoms with Crippen LogP contribution >= 0.6 is 15.9 Å². The van der Waals surface area contributed by atoms with Crippen molar-refractivity contribution in [2.24, 2.45) is 0 Å². The van der Waals surface area contributed by atoms with Crippen LogP contribution in [0.5, 0.6) is 0 Å². The lowest BCUT2D eigenvalue weighted by Crippen LogP contribution is -2.42. The van der Waals surface area contributed by atoms with E-state index in [4.69, 9.17) is 4.52 Å². The topological polar surface area (TPSA) is 73.0 Å². The highest BCUT2D eigenvalue weighted by Gasteiger charge is 2.30. The monoisotopic (exact) mass is 416 g/mol. The van der Waals surface area contributed by atoms with Crippen molar-refractivity contribution in [3.8, 4) is 5.69 Å². The molecule has 0 saturated carbocycles. The highest BCUT2D eigenvalue weighted by atomic mass is 79.9. The number of nitrogens with zero attached hydrogens (tertiary/aromatic N) is 3. The predicted molar refractivity (Wildman–Crippen MR) is 102 cm³/mol. The van der Waals surface area contributed by atoms with Gasteiger partial charge in [0.2, 0.25) is 5.89 Å². The highest BCUT2D eigenvalue weighted by molar-refractivity contribution is 9.10. The normalized spacial score (nSPS) is 11.6. The summed E-state index contributed by atoms with van der Waals surface area (Å²) in [5, 5.41) is 6.93. The Morgan fingerprint density at radius 1 is 1.23 bits per heavy atom. The van der Waals surface area contributed by atoms with Crippen LogP contribution in [0.4, 0.5) is 0 Å². The molecule has 0 aliphatic heterocycles. The molecular formula is C19H21BrN4O2. The van der Waals surface area contributed by atoms with Crippen molar-refractivity contribution in [1.29, 1.82) is 0 Å². The molecular weight excluding hydrogens is 396 g/mol. The molecule has 0 aliphatic rings.